The van der Waals surface area contributed by atoms with Gasteiger partial charge in [0, 0.05) is 22.5 Å². The van der Waals surface area contributed by atoms with Crippen molar-refractivity contribution in [2.45, 2.75) is 0 Å². The number of rotatable bonds is 4. The maximum atomic E-state index is 12.8. The number of carbonyl (C=O) groups excluding carboxylic acids is 1. The Hall–Kier alpha value is -3.47. The van der Waals surface area contributed by atoms with E-state index in [4.69, 9.17) is 13.9 Å². The summed E-state index contributed by atoms with van der Waals surface area (Å²) >= 11 is 0. The third kappa shape index (κ3) is 2.63. The number of hydrogen-bond donors (Lipinski definition) is 1. The quantitative estimate of drug-likeness (QED) is 0.573. The number of fused-ring (bicyclic) bond motifs is 3. The molecule has 0 saturated carbocycles. The Bertz CT molecular complexity index is 1090. The van der Waals surface area contributed by atoms with Crippen molar-refractivity contribution in [2.75, 3.05) is 19.5 Å². The van der Waals surface area contributed by atoms with E-state index < -0.39 is 0 Å². The fourth-order valence-electron chi connectivity index (χ4n) is 3.07. The predicted octanol–water partition coefficient (Wildman–Crippen LogP) is 4.86. The van der Waals surface area contributed by atoms with Crippen molar-refractivity contribution < 1.29 is 18.7 Å². The Morgan fingerprint density at radius 1 is 0.846 bits per heavy atom. The van der Waals surface area contributed by atoms with E-state index in [0.29, 0.717) is 22.7 Å². The van der Waals surface area contributed by atoms with Gasteiger partial charge in [-0.05, 0) is 30.3 Å². The zero-order valence-corrected chi connectivity index (χ0v) is 14.4. The molecule has 5 nitrogen and oxygen atoms in total. The lowest BCUT2D eigenvalue weighted by Gasteiger charge is -2.13. The fourth-order valence-corrected chi connectivity index (χ4v) is 3.07. The number of methoxy groups -OCH3 is 2. The molecular weight excluding hydrogens is 330 g/mol. The van der Waals surface area contributed by atoms with Crippen LogP contribution in [0.1, 0.15) is 10.4 Å². The van der Waals surface area contributed by atoms with Gasteiger partial charge in [-0.1, -0.05) is 24.3 Å². The Kier molecular flexibility index (Phi) is 3.97. The van der Waals surface area contributed by atoms with Gasteiger partial charge in [0.15, 0.2) is 0 Å². The first-order valence-electron chi connectivity index (χ1n) is 8.15. The molecule has 0 spiro atoms. The molecule has 0 aliphatic rings. The normalized spacial score (nSPS) is 10.8. The van der Waals surface area contributed by atoms with Crippen molar-refractivity contribution in [2.24, 2.45) is 0 Å². The van der Waals surface area contributed by atoms with Crippen LogP contribution in [0, 0.1) is 0 Å². The molecule has 4 rings (SSSR count). The smallest absolute Gasteiger partial charge is 0.263 e. The van der Waals surface area contributed by atoms with Gasteiger partial charge in [-0.3, -0.25) is 4.79 Å². The first-order valence-corrected chi connectivity index (χ1v) is 8.15. The average molecular weight is 347 g/mol. The van der Waals surface area contributed by atoms with Gasteiger partial charge in [-0.25, -0.2) is 0 Å². The van der Waals surface area contributed by atoms with Crippen molar-refractivity contribution in [3.63, 3.8) is 0 Å². The summed E-state index contributed by atoms with van der Waals surface area (Å²) in [6.07, 6.45) is 0. The highest BCUT2D eigenvalue weighted by Crippen LogP contribution is 2.32. The molecule has 1 amide bonds. The lowest BCUT2D eigenvalue weighted by molar-refractivity contribution is 0.102. The van der Waals surface area contributed by atoms with Crippen molar-refractivity contribution >= 4 is 33.5 Å². The highest BCUT2D eigenvalue weighted by atomic mass is 16.5. The van der Waals surface area contributed by atoms with Gasteiger partial charge in [-0.2, -0.15) is 0 Å². The van der Waals surface area contributed by atoms with Crippen LogP contribution in [0.4, 0.5) is 5.69 Å². The second-order valence-electron chi connectivity index (χ2n) is 5.80. The number of para-hydroxylation sites is 1. The summed E-state index contributed by atoms with van der Waals surface area (Å²) in [6, 6.07) is 18.7. The largest absolute Gasteiger partial charge is 0.496 e. The van der Waals surface area contributed by atoms with Crippen LogP contribution in [0.15, 0.2) is 65.1 Å². The molecule has 26 heavy (non-hydrogen) atoms. The van der Waals surface area contributed by atoms with E-state index in [2.05, 4.69) is 5.32 Å². The maximum Gasteiger partial charge on any atom is 0.263 e. The van der Waals surface area contributed by atoms with Gasteiger partial charge < -0.3 is 19.2 Å². The Balaban J connectivity index is 1.71. The van der Waals surface area contributed by atoms with Gasteiger partial charge in [-0.15, -0.1) is 0 Å². The SMILES string of the molecule is COc1cccc(OC)c1C(=O)Nc1ccc2c(c1)oc1ccccc12. The number of anilines is 1. The van der Waals surface area contributed by atoms with E-state index in [-0.39, 0.29) is 5.91 Å². The minimum Gasteiger partial charge on any atom is -0.496 e. The Morgan fingerprint density at radius 3 is 2.27 bits per heavy atom. The second kappa shape index (κ2) is 6.44. The standard InChI is InChI=1S/C21H17NO4/c1-24-17-8-5-9-18(25-2)20(17)21(23)22-13-10-11-15-14-6-3-4-7-16(14)26-19(15)12-13/h3-12H,1-2H3,(H,22,23). The van der Waals surface area contributed by atoms with Crippen LogP contribution in [0.5, 0.6) is 11.5 Å². The van der Waals surface area contributed by atoms with Crippen molar-refractivity contribution in [1.29, 1.82) is 0 Å². The summed E-state index contributed by atoms with van der Waals surface area (Å²) in [4.78, 5) is 12.8. The summed E-state index contributed by atoms with van der Waals surface area (Å²) in [7, 11) is 3.04. The van der Waals surface area contributed by atoms with E-state index in [1.165, 1.54) is 14.2 Å². The summed E-state index contributed by atoms with van der Waals surface area (Å²) < 4.78 is 16.5. The van der Waals surface area contributed by atoms with Gasteiger partial charge in [0.05, 0.1) is 14.2 Å². The molecular formula is C21H17NO4. The van der Waals surface area contributed by atoms with Crippen molar-refractivity contribution in [3.05, 3.63) is 66.2 Å². The first-order chi connectivity index (χ1) is 12.7. The van der Waals surface area contributed by atoms with E-state index in [9.17, 15) is 4.79 Å². The molecule has 0 aliphatic heterocycles. The van der Waals surface area contributed by atoms with Gasteiger partial charge in [0.25, 0.3) is 5.91 Å². The molecule has 5 heteroatoms. The summed E-state index contributed by atoms with van der Waals surface area (Å²) in [5.41, 5.74) is 2.52. The Labute approximate surface area is 150 Å². The molecule has 0 saturated heterocycles. The number of furan rings is 1. The zero-order valence-electron chi connectivity index (χ0n) is 14.4. The molecule has 0 unspecified atom stereocenters. The van der Waals surface area contributed by atoms with Crippen LogP contribution in [0.3, 0.4) is 0 Å². The van der Waals surface area contributed by atoms with E-state index in [1.54, 1.807) is 18.2 Å². The summed E-state index contributed by atoms with van der Waals surface area (Å²) in [6.45, 7) is 0. The molecule has 3 aromatic carbocycles. The number of nitrogens with one attached hydrogen (secondary N) is 1. The van der Waals surface area contributed by atoms with E-state index in [0.717, 1.165) is 21.9 Å². The van der Waals surface area contributed by atoms with Crippen LogP contribution >= 0.6 is 0 Å². The number of benzene rings is 3. The lowest BCUT2D eigenvalue weighted by Crippen LogP contribution is -2.14. The van der Waals surface area contributed by atoms with Gasteiger partial charge in [0.1, 0.15) is 28.2 Å². The molecule has 1 heterocycles. The molecule has 0 aliphatic carbocycles. The summed E-state index contributed by atoms with van der Waals surface area (Å²) in [5, 5.41) is 4.94. The van der Waals surface area contributed by atoms with Crippen LogP contribution in [-0.2, 0) is 0 Å². The molecule has 1 N–H and O–H groups in total. The molecule has 0 fully saturated rings. The fraction of sp³-hybridized carbons (Fsp3) is 0.0952. The Morgan fingerprint density at radius 2 is 1.54 bits per heavy atom. The predicted molar refractivity (Wildman–Crippen MR) is 101 cm³/mol. The maximum absolute atomic E-state index is 12.8. The van der Waals surface area contributed by atoms with Gasteiger partial charge >= 0.3 is 0 Å². The van der Waals surface area contributed by atoms with Gasteiger partial charge in [0.2, 0.25) is 0 Å². The van der Waals surface area contributed by atoms with Crippen molar-refractivity contribution in [1.82, 2.24) is 0 Å². The number of amides is 1. The zero-order chi connectivity index (χ0) is 18.1. The van der Waals surface area contributed by atoms with E-state index >= 15 is 0 Å². The highest BCUT2D eigenvalue weighted by Gasteiger charge is 2.18. The molecule has 1 aromatic heterocycles. The topological polar surface area (TPSA) is 60.7 Å². The third-order valence-corrected chi connectivity index (χ3v) is 4.29. The second-order valence-corrected chi connectivity index (χ2v) is 5.80. The summed E-state index contributed by atoms with van der Waals surface area (Å²) in [5.74, 6) is 0.591. The number of ether oxygens (including phenoxy) is 2. The number of hydrogen-bond acceptors (Lipinski definition) is 4. The third-order valence-electron chi connectivity index (χ3n) is 4.29. The minimum absolute atomic E-state index is 0.310. The van der Waals surface area contributed by atoms with Crippen LogP contribution in [0.25, 0.3) is 21.9 Å². The molecule has 0 bridgehead atoms. The lowest BCUT2D eigenvalue weighted by atomic mass is 10.1. The molecule has 130 valence electrons. The highest BCUT2D eigenvalue weighted by molar-refractivity contribution is 6.10. The molecule has 4 aromatic rings. The minimum atomic E-state index is -0.310. The molecule has 0 radical (unpaired) electrons. The van der Waals surface area contributed by atoms with Crippen LogP contribution in [0.2, 0.25) is 0 Å². The van der Waals surface area contributed by atoms with Crippen molar-refractivity contribution in [3.8, 4) is 11.5 Å². The van der Waals surface area contributed by atoms with Crippen LogP contribution < -0.4 is 14.8 Å². The molecule has 0 atom stereocenters. The van der Waals surface area contributed by atoms with Crippen LogP contribution in [-0.4, -0.2) is 20.1 Å². The van der Waals surface area contributed by atoms with E-state index in [1.807, 2.05) is 42.5 Å². The number of carbonyl (C=O) groups is 1. The average Bonchev–Trinajstić information content (AvgIpc) is 3.04. The first kappa shape index (κ1) is 16.0. The monoisotopic (exact) mass is 347 g/mol.